The second-order valence-corrected chi connectivity index (χ2v) is 6.60. The first-order valence-corrected chi connectivity index (χ1v) is 8.82. The first-order chi connectivity index (χ1) is 11.3. The summed E-state index contributed by atoms with van der Waals surface area (Å²) in [7, 11) is 0. The molecule has 0 amide bonds. The molecule has 0 radical (unpaired) electrons. The van der Waals surface area contributed by atoms with Crippen LogP contribution in [0.3, 0.4) is 0 Å². The number of aromatic nitrogens is 3. The fourth-order valence-corrected chi connectivity index (χ4v) is 3.73. The van der Waals surface area contributed by atoms with Gasteiger partial charge in [0.25, 0.3) is 0 Å². The molecule has 1 aliphatic heterocycles. The maximum absolute atomic E-state index is 4.91. The first-order valence-electron chi connectivity index (χ1n) is 7.94. The molecule has 0 spiro atoms. The van der Waals surface area contributed by atoms with E-state index in [1.807, 2.05) is 6.07 Å². The summed E-state index contributed by atoms with van der Waals surface area (Å²) in [6, 6.07) is 4.07. The van der Waals surface area contributed by atoms with Gasteiger partial charge in [0, 0.05) is 45.2 Å². The van der Waals surface area contributed by atoms with E-state index < -0.39 is 0 Å². The van der Waals surface area contributed by atoms with E-state index >= 15 is 0 Å². The third-order valence-corrected chi connectivity index (χ3v) is 5.02. The molecule has 4 heterocycles. The second kappa shape index (κ2) is 6.25. The predicted molar refractivity (Wildman–Crippen MR) is 90.8 cm³/mol. The zero-order chi connectivity index (χ0) is 15.6. The van der Waals surface area contributed by atoms with Crippen molar-refractivity contribution in [2.75, 3.05) is 31.1 Å². The molecule has 1 saturated heterocycles. The molecular weight excluding hydrogens is 310 g/mol. The Balaban J connectivity index is 1.51. The summed E-state index contributed by atoms with van der Waals surface area (Å²) in [4.78, 5) is 15.3. The lowest BCUT2D eigenvalue weighted by Crippen LogP contribution is -2.46. The number of rotatable bonds is 4. The smallest absolute Gasteiger partial charge is 0.141 e. The Bertz CT molecular complexity index is 777. The molecule has 0 aliphatic carbocycles. The molecule has 3 aromatic heterocycles. The molecule has 6 nitrogen and oxygen atoms in total. The average molecular weight is 329 g/mol. The molecule has 1 fully saturated rings. The van der Waals surface area contributed by atoms with Gasteiger partial charge in [0.1, 0.15) is 22.7 Å². The normalized spacial score (nSPS) is 16.3. The zero-order valence-electron chi connectivity index (χ0n) is 13.1. The van der Waals surface area contributed by atoms with Crippen LogP contribution >= 0.6 is 11.3 Å². The number of fused-ring (bicyclic) bond motifs is 1. The zero-order valence-corrected chi connectivity index (χ0v) is 13.9. The molecule has 4 rings (SSSR count). The lowest BCUT2D eigenvalue weighted by molar-refractivity contribution is 0.242. The highest BCUT2D eigenvalue weighted by Gasteiger charge is 2.21. The van der Waals surface area contributed by atoms with Crippen LogP contribution in [0, 0.1) is 0 Å². The summed E-state index contributed by atoms with van der Waals surface area (Å²) in [6.07, 6.45) is 2.50. The number of aryl methyl sites for hydroxylation is 1. The molecule has 23 heavy (non-hydrogen) atoms. The molecule has 0 aromatic carbocycles. The van der Waals surface area contributed by atoms with Crippen LogP contribution < -0.4 is 4.90 Å². The Kier molecular flexibility index (Phi) is 3.97. The first kappa shape index (κ1) is 14.6. The summed E-state index contributed by atoms with van der Waals surface area (Å²) in [5.74, 6) is 2.02. The Morgan fingerprint density at radius 2 is 2.04 bits per heavy atom. The maximum atomic E-state index is 4.91. The molecular formula is C16H19N5OS. The van der Waals surface area contributed by atoms with Gasteiger partial charge in [-0.25, -0.2) is 9.97 Å². The number of hydrogen-bond donors (Lipinski definition) is 0. The van der Waals surface area contributed by atoms with E-state index in [1.54, 1.807) is 17.6 Å². The van der Waals surface area contributed by atoms with Crippen LogP contribution in [0.5, 0.6) is 0 Å². The predicted octanol–water partition coefficient (Wildman–Crippen LogP) is 2.56. The van der Waals surface area contributed by atoms with E-state index in [1.165, 1.54) is 5.39 Å². The van der Waals surface area contributed by atoms with Gasteiger partial charge in [-0.2, -0.15) is 0 Å². The van der Waals surface area contributed by atoms with Crippen molar-refractivity contribution < 1.29 is 4.52 Å². The van der Waals surface area contributed by atoms with Gasteiger partial charge in [0.15, 0.2) is 0 Å². The van der Waals surface area contributed by atoms with Crippen molar-refractivity contribution in [3.63, 3.8) is 0 Å². The van der Waals surface area contributed by atoms with Crippen molar-refractivity contribution in [3.8, 4) is 0 Å². The summed E-state index contributed by atoms with van der Waals surface area (Å²) >= 11 is 1.69. The van der Waals surface area contributed by atoms with Crippen LogP contribution in [0.15, 0.2) is 28.3 Å². The van der Waals surface area contributed by atoms with E-state index in [-0.39, 0.29) is 0 Å². The van der Waals surface area contributed by atoms with Crippen LogP contribution in [0.25, 0.3) is 10.2 Å². The molecule has 0 saturated carbocycles. The van der Waals surface area contributed by atoms with Crippen molar-refractivity contribution in [1.82, 2.24) is 20.0 Å². The van der Waals surface area contributed by atoms with Gasteiger partial charge in [0.05, 0.1) is 11.1 Å². The minimum atomic E-state index is 0.849. The number of piperazine rings is 1. The maximum Gasteiger partial charge on any atom is 0.141 e. The molecule has 0 bridgehead atoms. The van der Waals surface area contributed by atoms with Crippen LogP contribution in [0.4, 0.5) is 5.82 Å². The number of thiophene rings is 1. The average Bonchev–Trinajstić information content (AvgIpc) is 3.26. The second-order valence-electron chi connectivity index (χ2n) is 5.71. The lowest BCUT2D eigenvalue weighted by atomic mass is 10.2. The van der Waals surface area contributed by atoms with Crippen LogP contribution in [-0.2, 0) is 13.0 Å². The van der Waals surface area contributed by atoms with Crippen LogP contribution in [0.2, 0.25) is 0 Å². The van der Waals surface area contributed by atoms with E-state index in [9.17, 15) is 0 Å². The van der Waals surface area contributed by atoms with Gasteiger partial charge in [0.2, 0.25) is 0 Å². The van der Waals surface area contributed by atoms with Crippen molar-refractivity contribution in [1.29, 1.82) is 0 Å². The topological polar surface area (TPSA) is 58.3 Å². The number of hydrogen-bond acceptors (Lipinski definition) is 7. The highest BCUT2D eigenvalue weighted by Crippen LogP contribution is 2.28. The van der Waals surface area contributed by atoms with Crippen molar-refractivity contribution in [2.24, 2.45) is 0 Å². The van der Waals surface area contributed by atoms with Crippen molar-refractivity contribution in [3.05, 3.63) is 35.3 Å². The molecule has 0 atom stereocenters. The molecule has 3 aromatic rings. The fraction of sp³-hybridized carbons (Fsp3) is 0.438. The molecule has 0 N–H and O–H groups in total. The Morgan fingerprint density at radius 1 is 1.17 bits per heavy atom. The molecule has 120 valence electrons. The summed E-state index contributed by atoms with van der Waals surface area (Å²) < 4.78 is 4.91. The minimum Gasteiger partial charge on any atom is -0.364 e. The number of anilines is 1. The highest BCUT2D eigenvalue weighted by molar-refractivity contribution is 7.16. The van der Waals surface area contributed by atoms with E-state index in [0.717, 1.165) is 61.3 Å². The SMILES string of the molecule is CCc1nc(N2CCN(Cc3ccon3)CC2)c2ccsc2n1. The monoisotopic (exact) mass is 329 g/mol. The quantitative estimate of drug-likeness (QED) is 0.733. The summed E-state index contributed by atoms with van der Waals surface area (Å²) in [5, 5.41) is 7.27. The van der Waals surface area contributed by atoms with Gasteiger partial charge in [-0.1, -0.05) is 12.1 Å². The van der Waals surface area contributed by atoms with Crippen molar-refractivity contribution >= 4 is 27.4 Å². The number of nitrogens with zero attached hydrogens (tertiary/aromatic N) is 5. The van der Waals surface area contributed by atoms with Gasteiger partial charge in [-0.15, -0.1) is 11.3 Å². The fourth-order valence-electron chi connectivity index (χ4n) is 2.95. The van der Waals surface area contributed by atoms with Gasteiger partial charge >= 0.3 is 0 Å². The van der Waals surface area contributed by atoms with Gasteiger partial charge in [-0.05, 0) is 11.4 Å². The van der Waals surface area contributed by atoms with Crippen LogP contribution in [-0.4, -0.2) is 46.2 Å². The van der Waals surface area contributed by atoms with Crippen LogP contribution in [0.1, 0.15) is 18.4 Å². The molecule has 0 unspecified atom stereocenters. The minimum absolute atomic E-state index is 0.849. The largest absolute Gasteiger partial charge is 0.364 e. The Morgan fingerprint density at radius 3 is 2.78 bits per heavy atom. The lowest BCUT2D eigenvalue weighted by Gasteiger charge is -2.35. The summed E-state index contributed by atoms with van der Waals surface area (Å²) in [6.45, 7) is 6.91. The molecule has 1 aliphatic rings. The van der Waals surface area contributed by atoms with Crippen molar-refractivity contribution in [2.45, 2.75) is 19.9 Å². The van der Waals surface area contributed by atoms with Gasteiger partial charge in [-0.3, -0.25) is 4.90 Å². The van der Waals surface area contributed by atoms with E-state index in [4.69, 9.17) is 9.51 Å². The van der Waals surface area contributed by atoms with E-state index in [0.29, 0.717) is 0 Å². The van der Waals surface area contributed by atoms with E-state index in [2.05, 4.69) is 38.3 Å². The summed E-state index contributed by atoms with van der Waals surface area (Å²) in [5.41, 5.74) is 0.994. The third kappa shape index (κ3) is 2.94. The Labute approximate surface area is 138 Å². The highest BCUT2D eigenvalue weighted by atomic mass is 32.1. The third-order valence-electron chi connectivity index (χ3n) is 4.22. The standard InChI is InChI=1S/C16H19N5OS/c1-2-14-17-15(13-4-10-23-16(13)18-14)21-7-5-20(6-8-21)11-12-3-9-22-19-12/h3-4,9-10H,2,5-8,11H2,1H3. The Hall–Kier alpha value is -1.99. The molecule has 7 heteroatoms. The van der Waals surface area contributed by atoms with Gasteiger partial charge < -0.3 is 9.42 Å².